The molecule has 0 radical (unpaired) electrons. The molecule has 3 rings (SSSR count). The normalized spacial score (nSPS) is 16.2. The Kier molecular flexibility index (Phi) is 4.36. The molecule has 0 atom stereocenters. The predicted molar refractivity (Wildman–Crippen MR) is 85.7 cm³/mol. The fraction of sp³-hybridized carbons (Fsp3) is 0.375. The van der Waals surface area contributed by atoms with Gasteiger partial charge in [-0.15, -0.1) is 5.10 Å². The van der Waals surface area contributed by atoms with E-state index in [0.29, 0.717) is 5.15 Å². The molecule has 4 nitrogen and oxygen atoms in total. The van der Waals surface area contributed by atoms with Crippen LogP contribution in [0, 0.1) is 6.92 Å². The van der Waals surface area contributed by atoms with E-state index in [1.807, 2.05) is 6.07 Å². The highest BCUT2D eigenvalue weighted by atomic mass is 35.5. The van der Waals surface area contributed by atoms with Crippen molar-refractivity contribution in [1.82, 2.24) is 15.1 Å². The fourth-order valence-electron chi connectivity index (χ4n) is 2.65. The molecule has 110 valence electrons. The lowest BCUT2D eigenvalue weighted by atomic mass is 10.2. The van der Waals surface area contributed by atoms with Crippen LogP contribution in [0.2, 0.25) is 5.15 Å². The summed E-state index contributed by atoms with van der Waals surface area (Å²) in [6.07, 6.45) is 0. The van der Waals surface area contributed by atoms with Crippen LogP contribution in [-0.4, -0.2) is 41.3 Å². The van der Waals surface area contributed by atoms with Crippen LogP contribution >= 0.6 is 11.6 Å². The number of piperazine rings is 1. The average molecular weight is 303 g/mol. The molecule has 1 fully saturated rings. The molecule has 0 unspecified atom stereocenters. The highest BCUT2D eigenvalue weighted by molar-refractivity contribution is 6.29. The van der Waals surface area contributed by atoms with Crippen LogP contribution < -0.4 is 4.90 Å². The minimum absolute atomic E-state index is 0.447. The monoisotopic (exact) mass is 302 g/mol. The summed E-state index contributed by atoms with van der Waals surface area (Å²) in [5, 5.41) is 8.47. The Morgan fingerprint density at radius 3 is 2.52 bits per heavy atom. The Bertz CT molecular complexity index is 591. The number of rotatable bonds is 3. The number of hydrogen-bond donors (Lipinski definition) is 0. The maximum atomic E-state index is 5.76. The summed E-state index contributed by atoms with van der Waals surface area (Å²) in [5.41, 5.74) is 3.61. The lowest BCUT2D eigenvalue weighted by Crippen LogP contribution is -2.46. The molecule has 0 aliphatic carbocycles. The van der Waals surface area contributed by atoms with Crippen molar-refractivity contribution in [3.8, 4) is 0 Å². The average Bonchev–Trinajstić information content (AvgIpc) is 2.50. The largest absolute Gasteiger partial charge is 0.369 e. The van der Waals surface area contributed by atoms with Gasteiger partial charge >= 0.3 is 0 Å². The Morgan fingerprint density at radius 2 is 1.86 bits per heavy atom. The molecule has 0 N–H and O–H groups in total. The zero-order valence-corrected chi connectivity index (χ0v) is 12.9. The van der Waals surface area contributed by atoms with E-state index in [2.05, 4.69) is 51.2 Å². The van der Waals surface area contributed by atoms with Crippen LogP contribution in [-0.2, 0) is 6.54 Å². The fourth-order valence-corrected chi connectivity index (χ4v) is 2.75. The van der Waals surface area contributed by atoms with E-state index in [0.717, 1.165) is 38.4 Å². The number of benzene rings is 1. The zero-order valence-electron chi connectivity index (χ0n) is 12.2. The molecule has 2 heterocycles. The first-order valence-electron chi connectivity index (χ1n) is 7.23. The van der Waals surface area contributed by atoms with Crippen molar-refractivity contribution in [1.29, 1.82) is 0 Å². The number of anilines is 1. The van der Waals surface area contributed by atoms with Gasteiger partial charge in [-0.25, -0.2) is 0 Å². The Labute approximate surface area is 130 Å². The molecule has 1 aromatic carbocycles. The number of nitrogens with zero attached hydrogens (tertiary/aromatic N) is 4. The molecule has 1 aliphatic heterocycles. The zero-order chi connectivity index (χ0) is 14.7. The first kappa shape index (κ1) is 14.3. The lowest BCUT2D eigenvalue weighted by Gasteiger charge is -2.36. The van der Waals surface area contributed by atoms with E-state index >= 15 is 0 Å². The summed E-state index contributed by atoms with van der Waals surface area (Å²) in [7, 11) is 0. The van der Waals surface area contributed by atoms with Gasteiger partial charge in [0.2, 0.25) is 0 Å². The van der Waals surface area contributed by atoms with E-state index in [1.54, 1.807) is 6.07 Å². The first-order chi connectivity index (χ1) is 10.2. The lowest BCUT2D eigenvalue weighted by molar-refractivity contribution is 0.246. The molecule has 1 aliphatic rings. The van der Waals surface area contributed by atoms with Crippen molar-refractivity contribution in [2.45, 2.75) is 13.5 Å². The summed E-state index contributed by atoms with van der Waals surface area (Å²) in [4.78, 5) is 4.85. The van der Waals surface area contributed by atoms with E-state index in [4.69, 9.17) is 11.6 Å². The second-order valence-electron chi connectivity index (χ2n) is 5.45. The van der Waals surface area contributed by atoms with E-state index in [1.165, 1.54) is 11.3 Å². The maximum absolute atomic E-state index is 5.76. The molecule has 1 aromatic heterocycles. The molecule has 1 saturated heterocycles. The number of aryl methyl sites for hydroxylation is 1. The summed E-state index contributed by atoms with van der Waals surface area (Å²) in [5.74, 6) is 0. The van der Waals surface area contributed by atoms with Crippen LogP contribution in [0.5, 0.6) is 0 Å². The third-order valence-electron chi connectivity index (χ3n) is 3.81. The van der Waals surface area contributed by atoms with Gasteiger partial charge in [-0.1, -0.05) is 23.7 Å². The standard InChI is InChI=1S/C16H19ClN4/c1-13-3-2-4-15(11-13)21-9-7-20(8-10-21)12-14-5-6-16(17)19-18-14/h2-6,11H,7-10,12H2,1H3. The SMILES string of the molecule is Cc1cccc(N2CCN(Cc3ccc(Cl)nn3)CC2)c1. The van der Waals surface area contributed by atoms with Gasteiger partial charge in [-0.3, -0.25) is 4.90 Å². The predicted octanol–water partition coefficient (Wildman–Crippen LogP) is 2.76. The van der Waals surface area contributed by atoms with Gasteiger partial charge in [0.25, 0.3) is 0 Å². The molecule has 5 heteroatoms. The highest BCUT2D eigenvalue weighted by Gasteiger charge is 2.17. The Balaban J connectivity index is 1.56. The second kappa shape index (κ2) is 6.41. The second-order valence-corrected chi connectivity index (χ2v) is 5.84. The van der Waals surface area contributed by atoms with Gasteiger partial charge < -0.3 is 4.90 Å². The van der Waals surface area contributed by atoms with Crippen molar-refractivity contribution >= 4 is 17.3 Å². The van der Waals surface area contributed by atoms with E-state index in [9.17, 15) is 0 Å². The quantitative estimate of drug-likeness (QED) is 0.873. The van der Waals surface area contributed by atoms with Crippen LogP contribution in [0.4, 0.5) is 5.69 Å². The summed E-state index contributed by atoms with van der Waals surface area (Å²) >= 11 is 5.76. The van der Waals surface area contributed by atoms with Crippen molar-refractivity contribution in [2.24, 2.45) is 0 Å². The van der Waals surface area contributed by atoms with Crippen molar-refractivity contribution in [2.75, 3.05) is 31.1 Å². The van der Waals surface area contributed by atoms with Crippen molar-refractivity contribution in [3.05, 3.63) is 52.8 Å². The van der Waals surface area contributed by atoms with Gasteiger partial charge in [0.1, 0.15) is 0 Å². The minimum atomic E-state index is 0.447. The van der Waals surface area contributed by atoms with Gasteiger partial charge in [0.15, 0.2) is 5.15 Å². The third-order valence-corrected chi connectivity index (χ3v) is 4.01. The molecule has 2 aromatic rings. The van der Waals surface area contributed by atoms with Crippen LogP contribution in [0.25, 0.3) is 0 Å². The maximum Gasteiger partial charge on any atom is 0.151 e. The third kappa shape index (κ3) is 3.71. The Morgan fingerprint density at radius 1 is 1.05 bits per heavy atom. The molecule has 0 spiro atoms. The van der Waals surface area contributed by atoms with Crippen molar-refractivity contribution in [3.63, 3.8) is 0 Å². The van der Waals surface area contributed by atoms with Crippen LogP contribution in [0.1, 0.15) is 11.3 Å². The molecule has 0 bridgehead atoms. The van der Waals surface area contributed by atoms with Crippen LogP contribution in [0.3, 0.4) is 0 Å². The Hall–Kier alpha value is -1.65. The van der Waals surface area contributed by atoms with Crippen molar-refractivity contribution < 1.29 is 0 Å². The highest BCUT2D eigenvalue weighted by Crippen LogP contribution is 2.18. The number of halogens is 1. The van der Waals surface area contributed by atoms with Gasteiger partial charge in [0, 0.05) is 38.4 Å². The number of aromatic nitrogens is 2. The molecular formula is C16H19ClN4. The van der Waals surface area contributed by atoms with Gasteiger partial charge in [0.05, 0.1) is 5.69 Å². The van der Waals surface area contributed by atoms with Gasteiger partial charge in [-0.2, -0.15) is 5.10 Å². The van der Waals surface area contributed by atoms with Gasteiger partial charge in [-0.05, 0) is 36.8 Å². The number of hydrogen-bond acceptors (Lipinski definition) is 4. The van der Waals surface area contributed by atoms with E-state index < -0.39 is 0 Å². The summed E-state index contributed by atoms with van der Waals surface area (Å²) in [6.45, 7) is 7.15. The summed E-state index contributed by atoms with van der Waals surface area (Å²) in [6, 6.07) is 12.4. The molecule has 21 heavy (non-hydrogen) atoms. The molecule has 0 amide bonds. The van der Waals surface area contributed by atoms with E-state index in [-0.39, 0.29) is 0 Å². The topological polar surface area (TPSA) is 32.3 Å². The first-order valence-corrected chi connectivity index (χ1v) is 7.60. The summed E-state index contributed by atoms with van der Waals surface area (Å²) < 4.78 is 0. The molecule has 0 saturated carbocycles. The van der Waals surface area contributed by atoms with Crippen LogP contribution in [0.15, 0.2) is 36.4 Å². The minimum Gasteiger partial charge on any atom is -0.369 e. The molecular weight excluding hydrogens is 284 g/mol. The smallest absolute Gasteiger partial charge is 0.151 e.